The minimum absolute atomic E-state index is 0.0306. The average Bonchev–Trinajstić information content (AvgIpc) is 3.52. The van der Waals surface area contributed by atoms with Crippen LogP contribution in [-0.4, -0.2) is 36.7 Å². The first kappa shape index (κ1) is 30.3. The number of benzene rings is 2. The van der Waals surface area contributed by atoms with Crippen LogP contribution in [0.15, 0.2) is 58.3 Å². The molecule has 0 bridgehead atoms. The molecular weight excluding hydrogens is 592 g/mol. The van der Waals surface area contributed by atoms with Crippen LogP contribution < -0.4 is 19.8 Å². The topological polar surface area (TPSA) is 108 Å². The van der Waals surface area contributed by atoms with Crippen LogP contribution in [0.3, 0.4) is 0 Å². The van der Waals surface area contributed by atoms with Crippen LogP contribution >= 0.6 is 22.9 Å². The van der Waals surface area contributed by atoms with Crippen LogP contribution in [0.5, 0.6) is 11.5 Å². The number of nitrogens with zero attached hydrogens (tertiary/aromatic N) is 2. The second-order valence-electron chi connectivity index (χ2n) is 9.89. The van der Waals surface area contributed by atoms with E-state index in [0.29, 0.717) is 41.0 Å². The number of ether oxygens (including phenoxy) is 3. The second-order valence-corrected chi connectivity index (χ2v) is 11.3. The van der Waals surface area contributed by atoms with Crippen molar-refractivity contribution >= 4 is 50.9 Å². The number of esters is 1. The molecule has 1 unspecified atom stereocenters. The van der Waals surface area contributed by atoms with Gasteiger partial charge >= 0.3 is 5.97 Å². The molecule has 1 aliphatic heterocycles. The fourth-order valence-electron chi connectivity index (χ4n) is 4.95. The van der Waals surface area contributed by atoms with Crippen LogP contribution in [0.2, 0.25) is 5.02 Å². The predicted molar refractivity (Wildman–Crippen MR) is 166 cm³/mol. The van der Waals surface area contributed by atoms with E-state index in [-0.39, 0.29) is 38.9 Å². The molecular formula is C32H31ClN2O7S. The standard InChI is InChI=1S/C32H31ClN2O7S/c1-5-8-9-15-40-23-12-10-19(16-24(23)39-7-3)26-25-27(36)21-17-20(33)11-13-22(21)42-28(25)30(37)35(26)32-34-18(4)29(43-32)31(38)41-14-6-2/h6,10-13,16-17,26H,2,5,7-9,14-15H2,1,3-4H3. The van der Waals surface area contributed by atoms with Crippen LogP contribution in [0, 0.1) is 6.92 Å². The highest BCUT2D eigenvalue weighted by molar-refractivity contribution is 7.17. The average molecular weight is 623 g/mol. The molecule has 0 saturated carbocycles. The third-order valence-electron chi connectivity index (χ3n) is 6.93. The predicted octanol–water partition coefficient (Wildman–Crippen LogP) is 7.27. The molecule has 5 rings (SSSR count). The Hall–Kier alpha value is -4.15. The van der Waals surface area contributed by atoms with Gasteiger partial charge in [-0.05, 0) is 56.2 Å². The Morgan fingerprint density at radius 3 is 2.70 bits per heavy atom. The molecule has 2 aromatic heterocycles. The summed E-state index contributed by atoms with van der Waals surface area (Å²) < 4.78 is 23.2. The Morgan fingerprint density at radius 1 is 1.14 bits per heavy atom. The fraction of sp³-hybridized carbons (Fsp3) is 0.312. The van der Waals surface area contributed by atoms with E-state index < -0.39 is 23.3 Å². The highest BCUT2D eigenvalue weighted by Crippen LogP contribution is 2.45. The van der Waals surface area contributed by atoms with Crippen molar-refractivity contribution in [2.75, 3.05) is 24.7 Å². The van der Waals surface area contributed by atoms with Crippen LogP contribution in [0.4, 0.5) is 5.13 Å². The van der Waals surface area contributed by atoms with Gasteiger partial charge in [-0.25, -0.2) is 9.78 Å². The van der Waals surface area contributed by atoms with Crippen molar-refractivity contribution in [1.82, 2.24) is 4.98 Å². The minimum atomic E-state index is -0.932. The van der Waals surface area contributed by atoms with Gasteiger partial charge in [0.05, 0.1) is 35.9 Å². The Morgan fingerprint density at radius 2 is 1.95 bits per heavy atom. The molecule has 1 atom stereocenters. The Bertz CT molecular complexity index is 1760. The van der Waals surface area contributed by atoms with Crippen LogP contribution in [0.25, 0.3) is 11.0 Å². The van der Waals surface area contributed by atoms with E-state index in [4.69, 9.17) is 30.2 Å². The van der Waals surface area contributed by atoms with Crippen molar-refractivity contribution in [1.29, 1.82) is 0 Å². The van der Waals surface area contributed by atoms with E-state index >= 15 is 0 Å². The van der Waals surface area contributed by atoms with E-state index in [2.05, 4.69) is 18.5 Å². The van der Waals surface area contributed by atoms with Crippen molar-refractivity contribution in [3.63, 3.8) is 0 Å². The largest absolute Gasteiger partial charge is 0.490 e. The molecule has 224 valence electrons. The molecule has 2 aromatic carbocycles. The Balaban J connectivity index is 1.67. The highest BCUT2D eigenvalue weighted by atomic mass is 35.5. The molecule has 43 heavy (non-hydrogen) atoms. The number of aromatic nitrogens is 1. The number of amides is 1. The molecule has 9 nitrogen and oxygen atoms in total. The molecule has 0 fully saturated rings. The number of unbranched alkanes of at least 4 members (excludes halogenated alkanes) is 2. The van der Waals surface area contributed by atoms with Gasteiger partial charge in [-0.2, -0.15) is 0 Å². The van der Waals surface area contributed by atoms with Gasteiger partial charge in [-0.15, -0.1) is 0 Å². The number of thiazole rings is 1. The molecule has 0 radical (unpaired) electrons. The molecule has 4 aromatic rings. The summed E-state index contributed by atoms with van der Waals surface area (Å²) in [5.74, 6) is -0.209. The Labute approximate surface area is 257 Å². The van der Waals surface area contributed by atoms with Crippen molar-refractivity contribution in [2.24, 2.45) is 0 Å². The number of aryl methyl sites for hydroxylation is 1. The zero-order valence-electron chi connectivity index (χ0n) is 24.1. The van der Waals surface area contributed by atoms with E-state index in [0.717, 1.165) is 30.6 Å². The lowest BCUT2D eigenvalue weighted by Gasteiger charge is -2.23. The summed E-state index contributed by atoms with van der Waals surface area (Å²) >= 11 is 7.22. The molecule has 1 aliphatic rings. The molecule has 11 heteroatoms. The fourth-order valence-corrected chi connectivity index (χ4v) is 6.11. The smallest absolute Gasteiger partial charge is 0.350 e. The lowest BCUT2D eigenvalue weighted by molar-refractivity contribution is 0.0554. The monoisotopic (exact) mass is 622 g/mol. The van der Waals surface area contributed by atoms with Gasteiger partial charge in [0.1, 0.15) is 17.1 Å². The molecule has 0 aliphatic carbocycles. The van der Waals surface area contributed by atoms with Gasteiger partial charge in [0, 0.05) is 5.02 Å². The maximum Gasteiger partial charge on any atom is 0.350 e. The number of carbonyl (C=O) groups is 2. The van der Waals surface area contributed by atoms with Crippen molar-refractivity contribution in [3.05, 3.63) is 91.8 Å². The quantitative estimate of drug-likeness (QED) is 0.0922. The molecule has 0 spiro atoms. The highest BCUT2D eigenvalue weighted by Gasteiger charge is 2.45. The van der Waals surface area contributed by atoms with Gasteiger partial charge in [0.2, 0.25) is 5.76 Å². The van der Waals surface area contributed by atoms with E-state index in [1.165, 1.54) is 17.0 Å². The van der Waals surface area contributed by atoms with Gasteiger partial charge in [0.15, 0.2) is 22.1 Å². The number of carbonyl (C=O) groups excluding carboxylic acids is 2. The van der Waals surface area contributed by atoms with Crippen LogP contribution in [-0.2, 0) is 4.74 Å². The lowest BCUT2D eigenvalue weighted by atomic mass is 9.98. The summed E-state index contributed by atoms with van der Waals surface area (Å²) in [6.07, 6.45) is 4.48. The third-order valence-corrected chi connectivity index (χ3v) is 8.30. The van der Waals surface area contributed by atoms with Gasteiger partial charge < -0.3 is 18.6 Å². The normalized spacial score (nSPS) is 14.2. The molecule has 1 amide bonds. The van der Waals surface area contributed by atoms with Gasteiger partial charge in [0.25, 0.3) is 5.91 Å². The first-order valence-corrected chi connectivity index (χ1v) is 15.2. The number of anilines is 1. The molecule has 0 saturated heterocycles. The third kappa shape index (κ3) is 5.89. The zero-order valence-corrected chi connectivity index (χ0v) is 25.7. The number of fused-ring (bicyclic) bond motifs is 2. The number of halogens is 1. The molecule has 3 heterocycles. The minimum Gasteiger partial charge on any atom is -0.490 e. The maximum absolute atomic E-state index is 14.0. The zero-order chi connectivity index (χ0) is 30.7. The van der Waals surface area contributed by atoms with Crippen molar-refractivity contribution in [3.8, 4) is 11.5 Å². The molecule has 0 N–H and O–H groups in total. The maximum atomic E-state index is 14.0. The number of hydrogen-bond donors (Lipinski definition) is 0. The van der Waals surface area contributed by atoms with E-state index in [9.17, 15) is 14.4 Å². The van der Waals surface area contributed by atoms with Crippen LogP contribution in [0.1, 0.15) is 76.2 Å². The van der Waals surface area contributed by atoms with Crippen molar-refractivity contribution < 1.29 is 28.2 Å². The number of hydrogen-bond acceptors (Lipinski definition) is 9. The summed E-state index contributed by atoms with van der Waals surface area (Å²) in [6.45, 7) is 10.2. The van der Waals surface area contributed by atoms with Gasteiger partial charge in [-0.3, -0.25) is 14.5 Å². The SMILES string of the molecule is C=CCOC(=O)c1sc(N2C(=O)c3oc4ccc(Cl)cc4c(=O)c3C2c2ccc(OCCCCC)c(OCC)c2)nc1C. The summed E-state index contributed by atoms with van der Waals surface area (Å²) in [4.78, 5) is 46.9. The van der Waals surface area contributed by atoms with E-state index in [1.54, 1.807) is 37.3 Å². The lowest BCUT2D eigenvalue weighted by Crippen LogP contribution is -2.29. The summed E-state index contributed by atoms with van der Waals surface area (Å²) in [7, 11) is 0. The number of rotatable bonds is 12. The summed E-state index contributed by atoms with van der Waals surface area (Å²) in [5.41, 5.74) is 0.947. The Kier molecular flexibility index (Phi) is 9.17. The summed E-state index contributed by atoms with van der Waals surface area (Å²) in [6, 6.07) is 9.07. The van der Waals surface area contributed by atoms with E-state index in [1.807, 2.05) is 6.92 Å². The second kappa shape index (κ2) is 13.0. The van der Waals surface area contributed by atoms with Gasteiger partial charge in [-0.1, -0.05) is 61.4 Å². The van der Waals surface area contributed by atoms with Crippen molar-refractivity contribution in [2.45, 2.75) is 46.1 Å². The first-order chi connectivity index (χ1) is 20.8. The summed E-state index contributed by atoms with van der Waals surface area (Å²) in [5, 5.41) is 0.818. The first-order valence-electron chi connectivity index (χ1n) is 14.0.